The molecule has 1 amide bonds. The van der Waals surface area contributed by atoms with Crippen molar-refractivity contribution >= 4 is 27.3 Å². The van der Waals surface area contributed by atoms with Gasteiger partial charge in [-0.3, -0.25) is 4.79 Å². The summed E-state index contributed by atoms with van der Waals surface area (Å²) in [4.78, 5) is 13.6. The molecular formula is C19H32N2O3S2. The van der Waals surface area contributed by atoms with Crippen LogP contribution >= 0.6 is 11.3 Å². The van der Waals surface area contributed by atoms with Crippen molar-refractivity contribution in [3.63, 3.8) is 0 Å². The zero-order chi connectivity index (χ0) is 19.2. The van der Waals surface area contributed by atoms with E-state index in [9.17, 15) is 13.2 Å². The van der Waals surface area contributed by atoms with Gasteiger partial charge in [-0.1, -0.05) is 39.7 Å². The summed E-state index contributed by atoms with van der Waals surface area (Å²) in [5.74, 6) is 0.0341. The first-order valence-corrected chi connectivity index (χ1v) is 12.2. The number of nitrogens with one attached hydrogen (secondary N) is 2. The van der Waals surface area contributed by atoms with Crippen LogP contribution in [0.5, 0.6) is 0 Å². The summed E-state index contributed by atoms with van der Waals surface area (Å²) in [6, 6.07) is 3.81. The minimum atomic E-state index is -3.61. The van der Waals surface area contributed by atoms with E-state index in [1.807, 2.05) is 17.5 Å². The molecule has 1 unspecified atom stereocenters. The van der Waals surface area contributed by atoms with Gasteiger partial charge in [0.05, 0.1) is 6.04 Å². The minimum absolute atomic E-state index is 0.0314. The van der Waals surface area contributed by atoms with Gasteiger partial charge in [0.2, 0.25) is 15.9 Å². The van der Waals surface area contributed by atoms with Crippen LogP contribution in [0.3, 0.4) is 0 Å². The molecule has 0 saturated heterocycles. The lowest BCUT2D eigenvalue weighted by Crippen LogP contribution is -2.43. The molecule has 0 spiro atoms. The Morgan fingerprint density at radius 2 is 1.88 bits per heavy atom. The Bertz CT molecular complexity index is 646. The molecule has 26 heavy (non-hydrogen) atoms. The van der Waals surface area contributed by atoms with Crippen LogP contribution in [0.1, 0.15) is 70.2 Å². The van der Waals surface area contributed by atoms with Crippen LogP contribution in [0.25, 0.3) is 0 Å². The highest BCUT2D eigenvalue weighted by molar-refractivity contribution is 7.90. The molecule has 0 aromatic carbocycles. The topological polar surface area (TPSA) is 75.3 Å². The van der Waals surface area contributed by atoms with Crippen LogP contribution in [-0.4, -0.2) is 26.1 Å². The van der Waals surface area contributed by atoms with Gasteiger partial charge in [0.1, 0.15) is 5.75 Å². The normalized spacial score (nSPS) is 22.3. The zero-order valence-corrected chi connectivity index (χ0v) is 17.7. The van der Waals surface area contributed by atoms with Crippen molar-refractivity contribution in [3.05, 3.63) is 22.4 Å². The van der Waals surface area contributed by atoms with E-state index in [2.05, 4.69) is 30.8 Å². The van der Waals surface area contributed by atoms with Gasteiger partial charge in [-0.05, 0) is 49.0 Å². The molecule has 0 aliphatic heterocycles. The summed E-state index contributed by atoms with van der Waals surface area (Å²) in [6.07, 6.45) is 5.65. The smallest absolute Gasteiger partial charge is 0.237 e. The van der Waals surface area contributed by atoms with E-state index in [4.69, 9.17) is 0 Å². The molecule has 1 heterocycles. The average Bonchev–Trinajstić information content (AvgIpc) is 3.10. The van der Waals surface area contributed by atoms with Crippen LogP contribution in [0.4, 0.5) is 0 Å². The van der Waals surface area contributed by atoms with Crippen LogP contribution in [0.2, 0.25) is 0 Å². The first kappa shape index (κ1) is 21.4. The molecule has 0 radical (unpaired) electrons. The number of amides is 1. The Balaban J connectivity index is 1.96. The van der Waals surface area contributed by atoms with Crippen LogP contribution in [-0.2, 0) is 14.8 Å². The maximum absolute atomic E-state index is 12.5. The Morgan fingerprint density at radius 1 is 1.23 bits per heavy atom. The van der Waals surface area contributed by atoms with E-state index >= 15 is 0 Å². The lowest BCUT2D eigenvalue weighted by molar-refractivity contribution is -0.119. The molecule has 1 aromatic rings. The first-order valence-electron chi connectivity index (χ1n) is 9.67. The van der Waals surface area contributed by atoms with Crippen molar-refractivity contribution in [1.82, 2.24) is 10.0 Å². The van der Waals surface area contributed by atoms with Crippen molar-refractivity contribution in [1.29, 1.82) is 0 Å². The molecule has 1 saturated carbocycles. The highest BCUT2D eigenvalue weighted by Crippen LogP contribution is 2.30. The molecular weight excluding hydrogens is 368 g/mol. The second-order valence-electron chi connectivity index (χ2n) is 7.47. The van der Waals surface area contributed by atoms with Crippen molar-refractivity contribution < 1.29 is 13.2 Å². The molecule has 2 rings (SSSR count). The van der Waals surface area contributed by atoms with Crippen molar-refractivity contribution in [2.24, 2.45) is 11.8 Å². The van der Waals surface area contributed by atoms with E-state index in [0.717, 1.165) is 43.4 Å². The van der Waals surface area contributed by atoms with E-state index in [1.54, 1.807) is 11.3 Å². The third-order valence-electron chi connectivity index (χ3n) is 5.37. The number of carbonyl (C=O) groups excluding carboxylic acids is 1. The van der Waals surface area contributed by atoms with Crippen LogP contribution < -0.4 is 10.0 Å². The van der Waals surface area contributed by atoms with Gasteiger partial charge in [0, 0.05) is 10.9 Å². The van der Waals surface area contributed by atoms with E-state index in [1.165, 1.54) is 0 Å². The molecule has 7 heteroatoms. The van der Waals surface area contributed by atoms with Gasteiger partial charge >= 0.3 is 0 Å². The standard InChI is InChI=1S/C19H32N2O3S2/c1-4-15(5-2)19(17-7-6-12-25-17)20-18(22)13-26(23,24)21-16-10-8-14(3)9-11-16/h6-7,12,14-16,19,21H,4-5,8-11,13H2,1-3H3,(H,20,22). The van der Waals surface area contributed by atoms with Gasteiger partial charge in [0.15, 0.2) is 0 Å². The van der Waals surface area contributed by atoms with Gasteiger partial charge in [0.25, 0.3) is 0 Å². The molecule has 1 aromatic heterocycles. The molecule has 148 valence electrons. The van der Waals surface area contributed by atoms with E-state index < -0.39 is 21.7 Å². The fourth-order valence-corrected chi connectivity index (χ4v) is 5.84. The average molecular weight is 401 g/mol. The quantitative estimate of drug-likeness (QED) is 0.661. The monoisotopic (exact) mass is 400 g/mol. The maximum Gasteiger partial charge on any atom is 0.237 e. The molecule has 1 aliphatic rings. The summed E-state index contributed by atoms with van der Waals surface area (Å²) in [5, 5.41) is 4.96. The van der Waals surface area contributed by atoms with Crippen molar-refractivity contribution in [2.45, 2.75) is 71.4 Å². The summed E-state index contributed by atoms with van der Waals surface area (Å²) in [5.41, 5.74) is 0. The van der Waals surface area contributed by atoms with Crippen LogP contribution in [0, 0.1) is 11.8 Å². The summed E-state index contributed by atoms with van der Waals surface area (Å²) in [6.45, 7) is 6.40. The molecule has 1 aliphatic carbocycles. The van der Waals surface area contributed by atoms with E-state index in [-0.39, 0.29) is 12.1 Å². The fraction of sp³-hybridized carbons (Fsp3) is 0.737. The Labute approximate surface area is 162 Å². The third-order valence-corrected chi connectivity index (χ3v) is 7.66. The molecule has 2 N–H and O–H groups in total. The summed E-state index contributed by atoms with van der Waals surface area (Å²) < 4.78 is 27.5. The minimum Gasteiger partial charge on any atom is -0.347 e. The first-order chi connectivity index (χ1) is 12.3. The fourth-order valence-electron chi connectivity index (χ4n) is 3.71. The second-order valence-corrected chi connectivity index (χ2v) is 10.2. The maximum atomic E-state index is 12.5. The second kappa shape index (κ2) is 9.85. The Hall–Kier alpha value is -0.920. The number of rotatable bonds is 9. The number of carbonyl (C=O) groups is 1. The van der Waals surface area contributed by atoms with Gasteiger partial charge in [-0.25, -0.2) is 13.1 Å². The summed E-state index contributed by atoms with van der Waals surface area (Å²) in [7, 11) is -3.61. The lowest BCUT2D eigenvalue weighted by Gasteiger charge is -2.27. The predicted octanol–water partition coefficient (Wildman–Crippen LogP) is 3.84. The molecule has 1 fully saturated rings. The lowest BCUT2D eigenvalue weighted by atomic mass is 9.88. The number of hydrogen-bond donors (Lipinski definition) is 2. The molecule has 5 nitrogen and oxygen atoms in total. The Kier molecular flexibility index (Phi) is 8.10. The number of sulfonamides is 1. The Morgan fingerprint density at radius 3 is 2.42 bits per heavy atom. The van der Waals surface area contributed by atoms with Gasteiger partial charge in [-0.15, -0.1) is 11.3 Å². The number of hydrogen-bond acceptors (Lipinski definition) is 4. The predicted molar refractivity (Wildman–Crippen MR) is 108 cm³/mol. The van der Waals surface area contributed by atoms with E-state index in [0.29, 0.717) is 11.8 Å². The van der Waals surface area contributed by atoms with Crippen molar-refractivity contribution in [3.8, 4) is 0 Å². The number of thiophene rings is 1. The van der Waals surface area contributed by atoms with Gasteiger partial charge < -0.3 is 5.32 Å². The van der Waals surface area contributed by atoms with Gasteiger partial charge in [-0.2, -0.15) is 0 Å². The highest BCUT2D eigenvalue weighted by Gasteiger charge is 2.28. The molecule has 0 bridgehead atoms. The molecule has 1 atom stereocenters. The zero-order valence-electron chi connectivity index (χ0n) is 16.0. The van der Waals surface area contributed by atoms with Crippen molar-refractivity contribution in [2.75, 3.05) is 5.75 Å². The SMILES string of the molecule is CCC(CC)C(NC(=O)CS(=O)(=O)NC1CCC(C)CC1)c1cccs1. The third kappa shape index (κ3) is 6.35. The van der Waals surface area contributed by atoms with Crippen LogP contribution in [0.15, 0.2) is 17.5 Å². The highest BCUT2D eigenvalue weighted by atomic mass is 32.2. The summed E-state index contributed by atoms with van der Waals surface area (Å²) >= 11 is 1.60. The largest absolute Gasteiger partial charge is 0.347 e.